The van der Waals surface area contributed by atoms with E-state index in [9.17, 15) is 9.18 Å². The van der Waals surface area contributed by atoms with Crippen LogP contribution in [0.1, 0.15) is 6.42 Å². The van der Waals surface area contributed by atoms with E-state index in [1.165, 1.54) is 0 Å². The Kier molecular flexibility index (Phi) is 3.42. The third-order valence-corrected chi connectivity index (χ3v) is 2.15. The number of carbonyl (C=O) groups is 1. The molecule has 0 radical (unpaired) electrons. The minimum absolute atomic E-state index is 0.0555. The molecule has 0 saturated carbocycles. The van der Waals surface area contributed by atoms with Crippen molar-refractivity contribution < 1.29 is 9.18 Å². The Morgan fingerprint density at radius 2 is 2.54 bits per heavy atom. The number of hydrogen-bond donors (Lipinski definition) is 1. The summed E-state index contributed by atoms with van der Waals surface area (Å²) < 4.78 is 12.7. The molecule has 2 atom stereocenters. The first-order chi connectivity index (χ1) is 6.15. The fourth-order valence-corrected chi connectivity index (χ4v) is 1.43. The molecule has 13 heavy (non-hydrogen) atoms. The number of nitrogens with zero attached hydrogens (tertiary/aromatic N) is 1. The van der Waals surface area contributed by atoms with Crippen LogP contribution in [0.2, 0.25) is 0 Å². The zero-order valence-corrected chi connectivity index (χ0v) is 7.79. The highest BCUT2D eigenvalue weighted by Crippen LogP contribution is 2.11. The fourth-order valence-electron chi connectivity index (χ4n) is 1.43. The minimum Gasteiger partial charge on any atom is -0.341 e. The third kappa shape index (κ3) is 2.52. The molecule has 0 spiro atoms. The Balaban J connectivity index is 2.43. The SMILES string of the molecule is C=CCN(C)C(=O)[C@H]1C[C@H](F)CN1. The van der Waals surface area contributed by atoms with Crippen LogP contribution in [-0.2, 0) is 4.79 Å². The number of alkyl halides is 1. The van der Waals surface area contributed by atoms with Gasteiger partial charge in [0.1, 0.15) is 6.17 Å². The summed E-state index contributed by atoms with van der Waals surface area (Å²) in [5.41, 5.74) is 0. The highest BCUT2D eigenvalue weighted by Gasteiger charge is 2.30. The van der Waals surface area contributed by atoms with Crippen LogP contribution >= 0.6 is 0 Å². The highest BCUT2D eigenvalue weighted by molar-refractivity contribution is 5.82. The van der Waals surface area contributed by atoms with E-state index in [0.717, 1.165) is 0 Å². The summed E-state index contributed by atoms with van der Waals surface area (Å²) in [4.78, 5) is 13.1. The van der Waals surface area contributed by atoms with Gasteiger partial charge in [0.15, 0.2) is 0 Å². The highest BCUT2D eigenvalue weighted by atomic mass is 19.1. The molecule has 0 unspecified atom stereocenters. The number of nitrogens with one attached hydrogen (secondary N) is 1. The Morgan fingerprint density at radius 3 is 3.00 bits per heavy atom. The van der Waals surface area contributed by atoms with Crippen molar-refractivity contribution in [3.05, 3.63) is 12.7 Å². The van der Waals surface area contributed by atoms with Gasteiger partial charge in [-0.25, -0.2) is 4.39 Å². The Morgan fingerprint density at radius 1 is 1.85 bits per heavy atom. The number of carbonyl (C=O) groups excluding carboxylic acids is 1. The van der Waals surface area contributed by atoms with Crippen LogP contribution in [0.4, 0.5) is 4.39 Å². The molecule has 0 aliphatic carbocycles. The van der Waals surface area contributed by atoms with Crippen molar-refractivity contribution in [2.45, 2.75) is 18.6 Å². The second kappa shape index (κ2) is 4.37. The van der Waals surface area contributed by atoms with Gasteiger partial charge in [-0.15, -0.1) is 6.58 Å². The molecule has 0 bridgehead atoms. The van der Waals surface area contributed by atoms with Gasteiger partial charge < -0.3 is 10.2 Å². The summed E-state index contributed by atoms with van der Waals surface area (Å²) in [7, 11) is 1.69. The van der Waals surface area contributed by atoms with Crippen molar-refractivity contribution in [1.29, 1.82) is 0 Å². The van der Waals surface area contributed by atoms with Crippen molar-refractivity contribution in [3.8, 4) is 0 Å². The topological polar surface area (TPSA) is 32.3 Å². The lowest BCUT2D eigenvalue weighted by atomic mass is 10.2. The van der Waals surface area contributed by atoms with E-state index in [4.69, 9.17) is 0 Å². The Bertz CT molecular complexity index is 208. The molecule has 1 aliphatic rings. The van der Waals surface area contributed by atoms with E-state index >= 15 is 0 Å². The second-order valence-electron chi connectivity index (χ2n) is 3.30. The van der Waals surface area contributed by atoms with Crippen LogP contribution in [0.5, 0.6) is 0 Å². The first-order valence-corrected chi connectivity index (χ1v) is 4.38. The number of hydrogen-bond acceptors (Lipinski definition) is 2. The molecule has 1 amide bonds. The van der Waals surface area contributed by atoms with E-state index in [-0.39, 0.29) is 11.9 Å². The van der Waals surface area contributed by atoms with Crippen LogP contribution < -0.4 is 5.32 Å². The molecule has 0 aromatic rings. The summed E-state index contributed by atoms with van der Waals surface area (Å²) >= 11 is 0. The molecule has 3 nitrogen and oxygen atoms in total. The van der Waals surface area contributed by atoms with Gasteiger partial charge in [0.05, 0.1) is 6.04 Å². The number of rotatable bonds is 3. The number of amides is 1. The van der Waals surface area contributed by atoms with Crippen molar-refractivity contribution in [2.75, 3.05) is 20.1 Å². The maximum Gasteiger partial charge on any atom is 0.239 e. The zero-order chi connectivity index (χ0) is 9.84. The van der Waals surface area contributed by atoms with Gasteiger partial charge in [-0.1, -0.05) is 6.08 Å². The van der Waals surface area contributed by atoms with E-state index in [1.807, 2.05) is 0 Å². The van der Waals surface area contributed by atoms with Gasteiger partial charge in [-0.3, -0.25) is 4.79 Å². The standard InChI is InChI=1S/C9H15FN2O/c1-3-4-12(2)9(13)8-5-7(10)6-11-8/h3,7-8,11H,1,4-6H2,2H3/t7-,8+/m0/s1. The quantitative estimate of drug-likeness (QED) is 0.644. The van der Waals surface area contributed by atoms with Crippen LogP contribution in [0.15, 0.2) is 12.7 Å². The van der Waals surface area contributed by atoms with E-state index in [0.29, 0.717) is 19.5 Å². The molecule has 0 aromatic carbocycles. The van der Waals surface area contributed by atoms with Gasteiger partial charge in [-0.05, 0) is 0 Å². The molecular weight excluding hydrogens is 171 g/mol. The molecule has 1 saturated heterocycles. The average Bonchev–Trinajstić information content (AvgIpc) is 2.51. The normalized spacial score (nSPS) is 27.2. The number of halogens is 1. The van der Waals surface area contributed by atoms with E-state index in [1.54, 1.807) is 18.0 Å². The van der Waals surface area contributed by atoms with Crippen LogP contribution in [-0.4, -0.2) is 43.2 Å². The molecule has 74 valence electrons. The zero-order valence-electron chi connectivity index (χ0n) is 7.79. The van der Waals surface area contributed by atoms with E-state index in [2.05, 4.69) is 11.9 Å². The first-order valence-electron chi connectivity index (χ1n) is 4.38. The van der Waals surface area contributed by atoms with Gasteiger partial charge in [0.25, 0.3) is 0 Å². The summed E-state index contributed by atoms with van der Waals surface area (Å²) in [5.74, 6) is -0.0555. The largest absolute Gasteiger partial charge is 0.341 e. The molecule has 0 aromatic heterocycles. The number of likely N-dealkylation sites (N-methyl/N-ethyl adjacent to an activating group) is 1. The fraction of sp³-hybridized carbons (Fsp3) is 0.667. The van der Waals surface area contributed by atoms with Crippen molar-refractivity contribution in [1.82, 2.24) is 10.2 Å². The minimum atomic E-state index is -0.883. The summed E-state index contributed by atoms with van der Waals surface area (Å²) in [6.07, 6.45) is 1.06. The maximum absolute atomic E-state index is 12.7. The van der Waals surface area contributed by atoms with Crippen LogP contribution in [0.3, 0.4) is 0 Å². The van der Waals surface area contributed by atoms with Crippen LogP contribution in [0.25, 0.3) is 0 Å². The summed E-state index contributed by atoms with van der Waals surface area (Å²) in [6, 6.07) is -0.347. The van der Waals surface area contributed by atoms with Crippen molar-refractivity contribution >= 4 is 5.91 Å². The lowest BCUT2D eigenvalue weighted by Gasteiger charge is -2.19. The summed E-state index contributed by atoms with van der Waals surface area (Å²) in [6.45, 7) is 4.33. The smallest absolute Gasteiger partial charge is 0.239 e. The third-order valence-electron chi connectivity index (χ3n) is 2.15. The van der Waals surface area contributed by atoms with Gasteiger partial charge in [-0.2, -0.15) is 0 Å². The molecular formula is C9H15FN2O. The van der Waals surface area contributed by atoms with E-state index < -0.39 is 6.17 Å². The summed E-state index contributed by atoms with van der Waals surface area (Å²) in [5, 5.41) is 2.84. The monoisotopic (exact) mass is 186 g/mol. The molecule has 1 rings (SSSR count). The lowest BCUT2D eigenvalue weighted by molar-refractivity contribution is -0.131. The van der Waals surface area contributed by atoms with Gasteiger partial charge in [0, 0.05) is 26.6 Å². The second-order valence-corrected chi connectivity index (χ2v) is 3.30. The van der Waals surface area contributed by atoms with Crippen molar-refractivity contribution in [3.63, 3.8) is 0 Å². The maximum atomic E-state index is 12.7. The van der Waals surface area contributed by atoms with Crippen LogP contribution in [0, 0.1) is 0 Å². The predicted octanol–water partition coefficient (Wildman–Crippen LogP) is 0.331. The average molecular weight is 186 g/mol. The Hall–Kier alpha value is -0.900. The first kappa shape index (κ1) is 10.2. The molecule has 1 heterocycles. The molecule has 1 aliphatic heterocycles. The van der Waals surface area contributed by atoms with Gasteiger partial charge in [0.2, 0.25) is 5.91 Å². The lowest BCUT2D eigenvalue weighted by Crippen LogP contribution is -2.41. The molecule has 1 N–H and O–H groups in total. The predicted molar refractivity (Wildman–Crippen MR) is 49.1 cm³/mol. The molecule has 1 fully saturated rings. The Labute approximate surface area is 77.6 Å². The van der Waals surface area contributed by atoms with Crippen molar-refractivity contribution in [2.24, 2.45) is 0 Å². The van der Waals surface area contributed by atoms with Gasteiger partial charge >= 0.3 is 0 Å². The molecule has 4 heteroatoms.